The van der Waals surface area contributed by atoms with Gasteiger partial charge in [0.2, 0.25) is 5.91 Å². The molecule has 0 fully saturated rings. The summed E-state index contributed by atoms with van der Waals surface area (Å²) in [5.41, 5.74) is 1.81. The van der Waals surface area contributed by atoms with E-state index in [9.17, 15) is 9.59 Å². The molecule has 1 aromatic carbocycles. The molecule has 0 saturated carbocycles. The van der Waals surface area contributed by atoms with Crippen molar-refractivity contribution in [3.8, 4) is 0 Å². The highest BCUT2D eigenvalue weighted by Gasteiger charge is 2.12. The van der Waals surface area contributed by atoms with Crippen molar-refractivity contribution in [2.45, 2.75) is 33.1 Å². The predicted octanol–water partition coefficient (Wildman–Crippen LogP) is 4.13. The van der Waals surface area contributed by atoms with Crippen LogP contribution in [0.1, 0.15) is 43.5 Å². The number of aromatic nitrogens is 1. The van der Waals surface area contributed by atoms with Gasteiger partial charge in [0.25, 0.3) is 0 Å². The Hall–Kier alpha value is -2.89. The number of ether oxygens (including phenoxy) is 1. The van der Waals surface area contributed by atoms with Crippen LogP contribution in [-0.4, -0.2) is 23.5 Å². The molecule has 0 atom stereocenters. The molecule has 0 aliphatic rings. The Morgan fingerprint density at radius 1 is 1.12 bits per heavy atom. The van der Waals surface area contributed by atoms with Crippen LogP contribution in [0.15, 0.2) is 42.6 Å². The lowest BCUT2D eigenvalue weighted by Gasteiger charge is -2.11. The molecule has 1 aromatic heterocycles. The average Bonchev–Trinajstić information content (AvgIpc) is 2.62. The number of unbranched alkanes of at least 4 members (excludes halogenated alkanes) is 1. The summed E-state index contributed by atoms with van der Waals surface area (Å²) in [6.45, 7) is 4.13. The highest BCUT2D eigenvalue weighted by Crippen LogP contribution is 2.22. The fourth-order valence-electron chi connectivity index (χ4n) is 2.22. The zero-order valence-corrected chi connectivity index (χ0v) is 14.5. The lowest BCUT2D eigenvalue weighted by molar-refractivity contribution is -0.116. The van der Waals surface area contributed by atoms with E-state index in [0.717, 1.165) is 12.8 Å². The van der Waals surface area contributed by atoms with Crippen LogP contribution in [0.2, 0.25) is 0 Å². The fraction of sp³-hybridized carbons (Fsp3) is 0.316. The van der Waals surface area contributed by atoms with Crippen molar-refractivity contribution < 1.29 is 14.3 Å². The van der Waals surface area contributed by atoms with Gasteiger partial charge in [0.15, 0.2) is 0 Å². The minimum atomic E-state index is -0.377. The third-order valence-electron chi connectivity index (χ3n) is 3.49. The SMILES string of the molecule is CCCCC(=O)Nc1ccc(Nc2ccccc2C(=O)OCC)cn1. The molecule has 0 spiro atoms. The minimum Gasteiger partial charge on any atom is -0.462 e. The van der Waals surface area contributed by atoms with Gasteiger partial charge in [0.1, 0.15) is 5.82 Å². The second-order valence-electron chi connectivity index (χ2n) is 5.47. The van der Waals surface area contributed by atoms with E-state index in [4.69, 9.17) is 4.74 Å². The van der Waals surface area contributed by atoms with Crippen molar-refractivity contribution in [3.63, 3.8) is 0 Å². The average molecular weight is 341 g/mol. The molecular formula is C19H23N3O3. The molecule has 2 rings (SSSR count). The topological polar surface area (TPSA) is 80.3 Å². The van der Waals surface area contributed by atoms with Gasteiger partial charge >= 0.3 is 5.97 Å². The number of para-hydroxylation sites is 1. The molecule has 1 heterocycles. The second-order valence-corrected chi connectivity index (χ2v) is 5.47. The summed E-state index contributed by atoms with van der Waals surface area (Å²) in [7, 11) is 0. The van der Waals surface area contributed by atoms with E-state index in [1.807, 2.05) is 13.0 Å². The van der Waals surface area contributed by atoms with E-state index in [-0.39, 0.29) is 11.9 Å². The molecule has 0 aliphatic heterocycles. The Balaban J connectivity index is 2.04. The smallest absolute Gasteiger partial charge is 0.340 e. The molecule has 0 aliphatic carbocycles. The molecule has 132 valence electrons. The van der Waals surface area contributed by atoms with Crippen molar-refractivity contribution in [1.82, 2.24) is 4.98 Å². The molecule has 0 unspecified atom stereocenters. The number of nitrogens with one attached hydrogen (secondary N) is 2. The Morgan fingerprint density at radius 2 is 1.92 bits per heavy atom. The standard InChI is InChI=1S/C19H23N3O3/c1-3-5-10-18(23)22-17-12-11-14(13-20-17)21-16-9-7-6-8-15(16)19(24)25-4-2/h6-9,11-13,21H,3-5,10H2,1-2H3,(H,20,22,23). The number of pyridine rings is 1. The van der Waals surface area contributed by atoms with E-state index in [1.165, 1.54) is 0 Å². The van der Waals surface area contributed by atoms with E-state index in [1.54, 1.807) is 43.5 Å². The predicted molar refractivity (Wildman–Crippen MR) is 98.1 cm³/mol. The van der Waals surface area contributed by atoms with E-state index < -0.39 is 0 Å². The number of hydrogen-bond donors (Lipinski definition) is 2. The van der Waals surface area contributed by atoms with Gasteiger partial charge in [-0.3, -0.25) is 4.79 Å². The van der Waals surface area contributed by atoms with E-state index in [2.05, 4.69) is 15.6 Å². The summed E-state index contributed by atoms with van der Waals surface area (Å²) >= 11 is 0. The first kappa shape index (κ1) is 18.4. The number of hydrogen-bond acceptors (Lipinski definition) is 5. The Morgan fingerprint density at radius 3 is 2.60 bits per heavy atom. The number of nitrogens with zero attached hydrogens (tertiary/aromatic N) is 1. The van der Waals surface area contributed by atoms with Gasteiger partial charge in [0, 0.05) is 6.42 Å². The van der Waals surface area contributed by atoms with Crippen molar-refractivity contribution in [1.29, 1.82) is 0 Å². The summed E-state index contributed by atoms with van der Waals surface area (Å²) in [6.07, 6.45) is 3.93. The van der Waals surface area contributed by atoms with Crippen molar-refractivity contribution in [2.24, 2.45) is 0 Å². The van der Waals surface area contributed by atoms with E-state index in [0.29, 0.717) is 35.8 Å². The lowest BCUT2D eigenvalue weighted by Crippen LogP contribution is -2.12. The molecule has 2 aromatic rings. The summed E-state index contributed by atoms with van der Waals surface area (Å²) in [4.78, 5) is 27.9. The molecule has 0 bridgehead atoms. The number of rotatable bonds is 8. The largest absolute Gasteiger partial charge is 0.462 e. The van der Waals surface area contributed by atoms with Crippen molar-refractivity contribution in [2.75, 3.05) is 17.2 Å². The Labute approximate surface area is 147 Å². The van der Waals surface area contributed by atoms with Crippen LogP contribution in [0.3, 0.4) is 0 Å². The summed E-state index contributed by atoms with van der Waals surface area (Å²) < 4.78 is 5.06. The van der Waals surface area contributed by atoms with Crippen LogP contribution in [0.4, 0.5) is 17.2 Å². The van der Waals surface area contributed by atoms with Gasteiger partial charge in [-0.1, -0.05) is 25.5 Å². The molecule has 25 heavy (non-hydrogen) atoms. The van der Waals surface area contributed by atoms with Gasteiger partial charge in [-0.25, -0.2) is 9.78 Å². The zero-order valence-electron chi connectivity index (χ0n) is 14.5. The molecule has 1 amide bonds. The van der Waals surface area contributed by atoms with Crippen LogP contribution >= 0.6 is 0 Å². The maximum Gasteiger partial charge on any atom is 0.340 e. The first-order valence-electron chi connectivity index (χ1n) is 8.43. The second kappa shape index (κ2) is 9.42. The van der Waals surface area contributed by atoms with Crippen molar-refractivity contribution >= 4 is 29.1 Å². The van der Waals surface area contributed by atoms with Gasteiger partial charge in [0.05, 0.1) is 29.7 Å². The zero-order chi connectivity index (χ0) is 18.1. The monoisotopic (exact) mass is 341 g/mol. The van der Waals surface area contributed by atoms with Crippen LogP contribution in [0, 0.1) is 0 Å². The number of carbonyl (C=O) groups is 2. The highest BCUT2D eigenvalue weighted by molar-refractivity contribution is 5.96. The summed E-state index contributed by atoms with van der Waals surface area (Å²) in [5, 5.41) is 5.91. The van der Waals surface area contributed by atoms with Crippen LogP contribution in [0.25, 0.3) is 0 Å². The number of esters is 1. The Bertz CT molecular complexity index is 714. The maximum absolute atomic E-state index is 12.0. The van der Waals surface area contributed by atoms with Crippen LogP contribution < -0.4 is 10.6 Å². The first-order chi connectivity index (χ1) is 12.1. The number of anilines is 3. The maximum atomic E-state index is 12.0. The van der Waals surface area contributed by atoms with E-state index >= 15 is 0 Å². The quantitative estimate of drug-likeness (QED) is 0.706. The number of carbonyl (C=O) groups excluding carboxylic acids is 2. The first-order valence-corrected chi connectivity index (χ1v) is 8.43. The summed E-state index contributed by atoms with van der Waals surface area (Å²) in [6, 6.07) is 10.6. The van der Waals surface area contributed by atoms with Crippen LogP contribution in [0.5, 0.6) is 0 Å². The molecule has 0 radical (unpaired) electrons. The number of amides is 1. The third kappa shape index (κ3) is 5.60. The molecule has 6 nitrogen and oxygen atoms in total. The molecule has 6 heteroatoms. The van der Waals surface area contributed by atoms with Crippen molar-refractivity contribution in [3.05, 3.63) is 48.2 Å². The van der Waals surface area contributed by atoms with Gasteiger partial charge in [-0.05, 0) is 37.6 Å². The van der Waals surface area contributed by atoms with Gasteiger partial charge < -0.3 is 15.4 Å². The molecular weight excluding hydrogens is 318 g/mol. The fourth-order valence-corrected chi connectivity index (χ4v) is 2.22. The molecule has 0 saturated heterocycles. The minimum absolute atomic E-state index is 0.0392. The number of benzene rings is 1. The normalized spacial score (nSPS) is 10.2. The Kier molecular flexibility index (Phi) is 6.95. The summed E-state index contributed by atoms with van der Waals surface area (Å²) in [5.74, 6) is 0.0893. The highest BCUT2D eigenvalue weighted by atomic mass is 16.5. The third-order valence-corrected chi connectivity index (χ3v) is 3.49. The van der Waals surface area contributed by atoms with Gasteiger partial charge in [-0.15, -0.1) is 0 Å². The van der Waals surface area contributed by atoms with Gasteiger partial charge in [-0.2, -0.15) is 0 Å². The van der Waals surface area contributed by atoms with Crippen LogP contribution in [-0.2, 0) is 9.53 Å². The molecule has 2 N–H and O–H groups in total. The lowest BCUT2D eigenvalue weighted by atomic mass is 10.1.